The van der Waals surface area contributed by atoms with Crippen molar-refractivity contribution in [3.63, 3.8) is 0 Å². The van der Waals surface area contributed by atoms with Crippen LogP contribution in [0.5, 0.6) is 5.75 Å². The lowest BCUT2D eigenvalue weighted by Crippen LogP contribution is -2.42. The number of likely N-dealkylation sites (tertiary alicyclic amines) is 1. The zero-order valence-electron chi connectivity index (χ0n) is 14.5. The molecule has 1 N–H and O–H groups in total. The van der Waals surface area contributed by atoms with E-state index in [0.717, 1.165) is 25.1 Å². The van der Waals surface area contributed by atoms with Crippen LogP contribution in [0.15, 0.2) is 48.7 Å². The molecule has 0 aliphatic carbocycles. The van der Waals surface area contributed by atoms with Crippen LogP contribution in [0.1, 0.15) is 35.8 Å². The SMILES string of the molecule is CC(O)C1CCCN(C(=O)c2ccc(OCc3ccccn3)cc2)C1. The molecule has 0 spiro atoms. The summed E-state index contributed by atoms with van der Waals surface area (Å²) in [5.74, 6) is 0.892. The Kier molecular flexibility index (Phi) is 5.66. The molecule has 5 heteroatoms. The number of nitrogens with zero attached hydrogens (tertiary/aromatic N) is 2. The van der Waals surface area contributed by atoms with E-state index >= 15 is 0 Å². The number of piperidine rings is 1. The van der Waals surface area contributed by atoms with Gasteiger partial charge in [-0.2, -0.15) is 0 Å². The van der Waals surface area contributed by atoms with Gasteiger partial charge in [0.05, 0.1) is 11.8 Å². The average molecular weight is 340 g/mol. The van der Waals surface area contributed by atoms with Gasteiger partial charge >= 0.3 is 0 Å². The Morgan fingerprint density at radius 1 is 1.32 bits per heavy atom. The second kappa shape index (κ2) is 8.12. The molecular formula is C20H24N2O3. The standard InChI is InChI=1S/C20H24N2O3/c1-15(23)17-5-4-12-22(13-17)20(24)16-7-9-19(10-8-16)25-14-18-6-2-3-11-21-18/h2-3,6-11,15,17,23H,4-5,12-14H2,1H3. The number of hydrogen-bond acceptors (Lipinski definition) is 4. The topological polar surface area (TPSA) is 62.7 Å². The maximum atomic E-state index is 12.7. The quantitative estimate of drug-likeness (QED) is 0.909. The van der Waals surface area contributed by atoms with Crippen LogP contribution in [-0.4, -0.2) is 40.1 Å². The van der Waals surface area contributed by atoms with Gasteiger partial charge in [-0.3, -0.25) is 9.78 Å². The van der Waals surface area contributed by atoms with Gasteiger partial charge in [0.2, 0.25) is 0 Å². The first-order valence-corrected chi connectivity index (χ1v) is 8.73. The van der Waals surface area contributed by atoms with Gasteiger partial charge in [-0.05, 0) is 56.2 Å². The maximum Gasteiger partial charge on any atom is 0.253 e. The van der Waals surface area contributed by atoms with Crippen LogP contribution in [0.3, 0.4) is 0 Å². The van der Waals surface area contributed by atoms with Crippen molar-refractivity contribution >= 4 is 5.91 Å². The molecular weight excluding hydrogens is 316 g/mol. The number of carbonyl (C=O) groups excluding carboxylic acids is 1. The number of ether oxygens (including phenoxy) is 1. The number of amides is 1. The Hall–Kier alpha value is -2.40. The molecule has 0 radical (unpaired) electrons. The summed E-state index contributed by atoms with van der Waals surface area (Å²) in [6.07, 6.45) is 3.27. The van der Waals surface area contributed by atoms with Crippen molar-refractivity contribution in [1.82, 2.24) is 9.88 Å². The maximum absolute atomic E-state index is 12.7. The Morgan fingerprint density at radius 3 is 2.80 bits per heavy atom. The van der Waals surface area contributed by atoms with Crippen LogP contribution in [-0.2, 0) is 6.61 Å². The molecule has 0 bridgehead atoms. The highest BCUT2D eigenvalue weighted by atomic mass is 16.5. The third kappa shape index (κ3) is 4.57. The highest BCUT2D eigenvalue weighted by Crippen LogP contribution is 2.22. The summed E-state index contributed by atoms with van der Waals surface area (Å²) in [6, 6.07) is 12.9. The van der Waals surface area contributed by atoms with Crippen molar-refractivity contribution in [2.24, 2.45) is 5.92 Å². The summed E-state index contributed by atoms with van der Waals surface area (Å²) in [5.41, 5.74) is 1.51. The Bertz CT molecular complexity index is 686. The number of benzene rings is 1. The van der Waals surface area contributed by atoms with Gasteiger partial charge in [-0.25, -0.2) is 0 Å². The van der Waals surface area contributed by atoms with Gasteiger partial charge in [0.15, 0.2) is 0 Å². The van der Waals surface area contributed by atoms with E-state index in [9.17, 15) is 9.90 Å². The lowest BCUT2D eigenvalue weighted by atomic mass is 9.93. The Labute approximate surface area is 148 Å². The van der Waals surface area contributed by atoms with Gasteiger partial charge in [0.1, 0.15) is 12.4 Å². The molecule has 2 heterocycles. The smallest absolute Gasteiger partial charge is 0.253 e. The number of aliphatic hydroxyl groups excluding tert-OH is 1. The molecule has 5 nitrogen and oxygen atoms in total. The Balaban J connectivity index is 1.58. The van der Waals surface area contributed by atoms with Crippen LogP contribution in [0, 0.1) is 5.92 Å². The van der Waals surface area contributed by atoms with Gasteiger partial charge in [-0.15, -0.1) is 0 Å². The first kappa shape index (κ1) is 17.4. The zero-order chi connectivity index (χ0) is 17.6. The fraction of sp³-hybridized carbons (Fsp3) is 0.400. The van der Waals surface area contributed by atoms with E-state index in [1.165, 1.54) is 0 Å². The minimum Gasteiger partial charge on any atom is -0.487 e. The minimum atomic E-state index is -0.377. The van der Waals surface area contributed by atoms with E-state index in [-0.39, 0.29) is 17.9 Å². The summed E-state index contributed by atoms with van der Waals surface area (Å²) in [4.78, 5) is 18.7. The highest BCUT2D eigenvalue weighted by Gasteiger charge is 2.26. The molecule has 25 heavy (non-hydrogen) atoms. The second-order valence-corrected chi connectivity index (χ2v) is 6.53. The fourth-order valence-corrected chi connectivity index (χ4v) is 3.11. The normalized spacial score (nSPS) is 18.6. The van der Waals surface area contributed by atoms with Crippen molar-refractivity contribution in [2.75, 3.05) is 13.1 Å². The van der Waals surface area contributed by atoms with Gasteiger partial charge in [0, 0.05) is 30.8 Å². The second-order valence-electron chi connectivity index (χ2n) is 6.53. The molecule has 2 atom stereocenters. The first-order chi connectivity index (χ1) is 12.1. The van der Waals surface area contributed by atoms with E-state index in [4.69, 9.17) is 4.74 Å². The number of pyridine rings is 1. The molecule has 1 aromatic carbocycles. The van der Waals surface area contributed by atoms with Crippen molar-refractivity contribution in [2.45, 2.75) is 32.5 Å². The van der Waals surface area contributed by atoms with Gasteiger partial charge in [0.25, 0.3) is 5.91 Å². The number of carbonyl (C=O) groups is 1. The number of rotatable bonds is 5. The molecule has 1 aliphatic rings. The summed E-state index contributed by atoms with van der Waals surface area (Å²) >= 11 is 0. The number of aliphatic hydroxyl groups is 1. The molecule has 1 fully saturated rings. The van der Waals surface area contributed by atoms with Crippen LogP contribution in [0.25, 0.3) is 0 Å². The summed E-state index contributed by atoms with van der Waals surface area (Å²) in [7, 11) is 0. The lowest BCUT2D eigenvalue weighted by Gasteiger charge is -2.34. The summed E-state index contributed by atoms with van der Waals surface area (Å²) < 4.78 is 5.70. The Morgan fingerprint density at radius 2 is 2.12 bits per heavy atom. The van der Waals surface area contributed by atoms with Crippen molar-refractivity contribution < 1.29 is 14.6 Å². The molecule has 1 aromatic heterocycles. The predicted molar refractivity (Wildman–Crippen MR) is 95.3 cm³/mol. The van der Waals surface area contributed by atoms with E-state index in [1.54, 1.807) is 25.3 Å². The monoisotopic (exact) mass is 340 g/mol. The van der Waals surface area contributed by atoms with Crippen molar-refractivity contribution in [3.8, 4) is 5.75 Å². The molecule has 2 unspecified atom stereocenters. The summed E-state index contributed by atoms with van der Waals surface area (Å²) in [6.45, 7) is 3.57. The average Bonchev–Trinajstić information content (AvgIpc) is 2.67. The number of aromatic nitrogens is 1. The van der Waals surface area contributed by atoms with Gasteiger partial charge < -0.3 is 14.7 Å². The van der Waals surface area contributed by atoms with Crippen LogP contribution in [0.4, 0.5) is 0 Å². The summed E-state index contributed by atoms with van der Waals surface area (Å²) in [5, 5.41) is 9.78. The fourth-order valence-electron chi connectivity index (χ4n) is 3.11. The third-order valence-corrected chi connectivity index (χ3v) is 4.64. The van der Waals surface area contributed by atoms with Crippen molar-refractivity contribution in [3.05, 3.63) is 59.9 Å². The molecule has 3 rings (SSSR count). The van der Waals surface area contributed by atoms with E-state index in [2.05, 4.69) is 4.98 Å². The van der Waals surface area contributed by atoms with Crippen LogP contribution in [0.2, 0.25) is 0 Å². The molecule has 1 aliphatic heterocycles. The first-order valence-electron chi connectivity index (χ1n) is 8.73. The van der Waals surface area contributed by atoms with E-state index in [1.807, 2.05) is 35.2 Å². The molecule has 132 valence electrons. The van der Waals surface area contributed by atoms with E-state index < -0.39 is 0 Å². The highest BCUT2D eigenvalue weighted by molar-refractivity contribution is 5.94. The lowest BCUT2D eigenvalue weighted by molar-refractivity contribution is 0.0466. The van der Waals surface area contributed by atoms with Gasteiger partial charge in [-0.1, -0.05) is 6.07 Å². The van der Waals surface area contributed by atoms with Crippen LogP contribution >= 0.6 is 0 Å². The predicted octanol–water partition coefficient (Wildman–Crippen LogP) is 2.89. The molecule has 2 aromatic rings. The molecule has 1 amide bonds. The number of hydrogen-bond donors (Lipinski definition) is 1. The largest absolute Gasteiger partial charge is 0.487 e. The minimum absolute atomic E-state index is 0.0154. The van der Waals surface area contributed by atoms with E-state index in [0.29, 0.717) is 24.5 Å². The molecule has 0 saturated carbocycles. The zero-order valence-corrected chi connectivity index (χ0v) is 14.5. The third-order valence-electron chi connectivity index (χ3n) is 4.64. The van der Waals surface area contributed by atoms with Crippen molar-refractivity contribution in [1.29, 1.82) is 0 Å². The molecule has 1 saturated heterocycles. The van der Waals surface area contributed by atoms with Crippen LogP contribution < -0.4 is 4.74 Å².